The molecule has 0 saturated carbocycles. The van der Waals surface area contributed by atoms with Crippen molar-refractivity contribution in [3.63, 3.8) is 0 Å². The molecule has 4 nitrogen and oxygen atoms in total. The molecule has 0 aliphatic rings. The molecule has 11 rings (SSSR count). The molecule has 0 bridgehead atoms. The molecule has 0 N–H and O–H groups in total. The van der Waals surface area contributed by atoms with Gasteiger partial charge in [0.15, 0.2) is 0 Å². The minimum Gasteiger partial charge on any atom is -0.456 e. The molecule has 0 amide bonds. The number of nitrogens with zero attached hydrogens (tertiary/aromatic N) is 2. The number of fused-ring (bicyclic) bond motifs is 9. The van der Waals surface area contributed by atoms with E-state index in [1.165, 1.54) is 32.7 Å². The molecule has 3 heterocycles. The largest absolute Gasteiger partial charge is 0.456 e. The van der Waals surface area contributed by atoms with Crippen LogP contribution in [0.1, 0.15) is 0 Å². The van der Waals surface area contributed by atoms with Crippen LogP contribution in [0, 0.1) is 0 Å². The fourth-order valence-electron chi connectivity index (χ4n) is 8.02. The van der Waals surface area contributed by atoms with E-state index >= 15 is 0 Å². The molecule has 0 saturated heterocycles. The monoisotopic (exact) mass is 678 g/mol. The molecule has 53 heavy (non-hydrogen) atoms. The van der Waals surface area contributed by atoms with Crippen LogP contribution in [0.4, 0.5) is 17.1 Å². The summed E-state index contributed by atoms with van der Waals surface area (Å²) in [6.07, 6.45) is 3.78. The highest BCUT2D eigenvalue weighted by molar-refractivity contribution is 6.14. The number of furan rings is 2. The molecule has 0 aliphatic heterocycles. The Morgan fingerprint density at radius 1 is 0.358 bits per heavy atom. The fraction of sp³-hybridized carbons (Fsp3) is 0. The second kappa shape index (κ2) is 11.7. The molecule has 0 spiro atoms. The van der Waals surface area contributed by atoms with Crippen molar-refractivity contribution >= 4 is 82.5 Å². The Kier molecular flexibility index (Phi) is 6.52. The maximum Gasteiger partial charge on any atom is 0.146 e. The first-order valence-electron chi connectivity index (χ1n) is 17.8. The van der Waals surface area contributed by atoms with Gasteiger partial charge in [-0.05, 0) is 92.8 Å². The maximum atomic E-state index is 6.37. The molecule has 8 aromatic carbocycles. The minimum atomic E-state index is 0.845. The highest BCUT2D eigenvalue weighted by Crippen LogP contribution is 2.42. The van der Waals surface area contributed by atoms with E-state index in [0.29, 0.717) is 0 Å². The van der Waals surface area contributed by atoms with Crippen molar-refractivity contribution in [2.45, 2.75) is 0 Å². The molecule has 0 aliphatic carbocycles. The van der Waals surface area contributed by atoms with E-state index in [1.807, 2.05) is 42.7 Å². The van der Waals surface area contributed by atoms with E-state index in [-0.39, 0.29) is 0 Å². The zero-order chi connectivity index (χ0) is 34.9. The van der Waals surface area contributed by atoms with Gasteiger partial charge in [0.05, 0.1) is 0 Å². The summed E-state index contributed by atoms with van der Waals surface area (Å²) in [5, 5.41) is 9.32. The second-order valence-corrected chi connectivity index (χ2v) is 13.6. The average Bonchev–Trinajstić information content (AvgIpc) is 3.79. The molecule has 3 aromatic heterocycles. The summed E-state index contributed by atoms with van der Waals surface area (Å²) in [5.74, 6) is 0. The van der Waals surface area contributed by atoms with E-state index in [9.17, 15) is 0 Å². The zero-order valence-corrected chi connectivity index (χ0v) is 28.5. The van der Waals surface area contributed by atoms with Gasteiger partial charge in [-0.3, -0.25) is 4.98 Å². The first kappa shape index (κ1) is 29.5. The maximum absolute atomic E-state index is 6.37. The van der Waals surface area contributed by atoms with Crippen LogP contribution in [0.3, 0.4) is 0 Å². The fourth-order valence-corrected chi connectivity index (χ4v) is 8.02. The molecule has 0 atom stereocenters. The van der Waals surface area contributed by atoms with Crippen molar-refractivity contribution in [2.24, 2.45) is 0 Å². The van der Waals surface area contributed by atoms with Crippen molar-refractivity contribution in [2.75, 3.05) is 4.90 Å². The molecule has 0 radical (unpaired) electrons. The van der Waals surface area contributed by atoms with Gasteiger partial charge in [0.25, 0.3) is 0 Å². The Hall–Kier alpha value is -7.17. The summed E-state index contributed by atoms with van der Waals surface area (Å²) in [4.78, 5) is 6.89. The van der Waals surface area contributed by atoms with Crippen LogP contribution < -0.4 is 4.90 Å². The highest BCUT2D eigenvalue weighted by Gasteiger charge is 2.18. The lowest BCUT2D eigenvalue weighted by molar-refractivity contribution is 0.669. The predicted molar refractivity (Wildman–Crippen MR) is 219 cm³/mol. The quantitative estimate of drug-likeness (QED) is 0.170. The number of benzene rings is 8. The van der Waals surface area contributed by atoms with E-state index < -0.39 is 0 Å². The second-order valence-electron chi connectivity index (χ2n) is 13.6. The lowest BCUT2D eigenvalue weighted by atomic mass is 9.93. The first-order valence-corrected chi connectivity index (χ1v) is 17.8. The number of hydrogen-bond acceptors (Lipinski definition) is 4. The van der Waals surface area contributed by atoms with Gasteiger partial charge >= 0.3 is 0 Å². The standard InChI is InChI=1S/C49H30N2O2/c1-2-10-37-33(9-1)27-43(39-12-4-3-11-38(37)39)31-17-21-34(22-18-31)51(36-25-26-42-40-13-5-7-15-46(40)52-48(42)28-36)35-23-19-32(20-24-35)44-29-50-30-45-41-14-6-8-16-47(41)53-49(44)45/h1-30H. The van der Waals surface area contributed by atoms with E-state index in [2.05, 4.69) is 149 Å². The Morgan fingerprint density at radius 3 is 1.64 bits per heavy atom. The van der Waals surface area contributed by atoms with Gasteiger partial charge in [0.1, 0.15) is 22.3 Å². The molecule has 0 unspecified atom stereocenters. The van der Waals surface area contributed by atoms with Gasteiger partial charge in [-0.2, -0.15) is 0 Å². The Morgan fingerprint density at radius 2 is 0.906 bits per heavy atom. The molecule has 248 valence electrons. The number of para-hydroxylation sites is 2. The highest BCUT2D eigenvalue weighted by atomic mass is 16.3. The van der Waals surface area contributed by atoms with Gasteiger partial charge in [0.2, 0.25) is 0 Å². The molecular formula is C49H30N2O2. The normalized spacial score (nSPS) is 11.8. The number of aromatic nitrogens is 1. The molecule has 0 fully saturated rings. The third-order valence-electron chi connectivity index (χ3n) is 10.5. The van der Waals surface area contributed by atoms with E-state index in [0.717, 1.165) is 72.1 Å². The lowest BCUT2D eigenvalue weighted by Gasteiger charge is -2.26. The summed E-state index contributed by atoms with van der Waals surface area (Å²) in [5.41, 5.74) is 10.9. The van der Waals surface area contributed by atoms with Gasteiger partial charge in [-0.1, -0.05) is 109 Å². The van der Waals surface area contributed by atoms with Gasteiger partial charge in [-0.25, -0.2) is 0 Å². The van der Waals surface area contributed by atoms with E-state index in [1.54, 1.807) is 0 Å². The van der Waals surface area contributed by atoms with Crippen LogP contribution in [-0.4, -0.2) is 4.98 Å². The molecule has 11 aromatic rings. The lowest BCUT2D eigenvalue weighted by Crippen LogP contribution is -2.09. The summed E-state index contributed by atoms with van der Waals surface area (Å²) < 4.78 is 12.7. The number of pyridine rings is 1. The van der Waals surface area contributed by atoms with Crippen LogP contribution in [-0.2, 0) is 0 Å². The number of rotatable bonds is 5. The van der Waals surface area contributed by atoms with Crippen LogP contribution >= 0.6 is 0 Å². The zero-order valence-electron chi connectivity index (χ0n) is 28.5. The van der Waals surface area contributed by atoms with Gasteiger partial charge < -0.3 is 13.7 Å². The molecule has 4 heteroatoms. The van der Waals surface area contributed by atoms with Crippen molar-refractivity contribution in [1.82, 2.24) is 4.98 Å². The van der Waals surface area contributed by atoms with Crippen molar-refractivity contribution < 1.29 is 8.83 Å². The Balaban J connectivity index is 1.04. The Bertz CT molecular complexity index is 3170. The average molecular weight is 679 g/mol. The van der Waals surface area contributed by atoms with Crippen LogP contribution in [0.25, 0.3) is 87.7 Å². The Labute approximate surface area is 304 Å². The topological polar surface area (TPSA) is 42.4 Å². The number of anilines is 3. The molecular weight excluding hydrogens is 649 g/mol. The minimum absolute atomic E-state index is 0.845. The van der Waals surface area contributed by atoms with Crippen LogP contribution in [0.5, 0.6) is 0 Å². The number of hydrogen-bond donors (Lipinski definition) is 0. The smallest absolute Gasteiger partial charge is 0.146 e. The van der Waals surface area contributed by atoms with Crippen molar-refractivity contribution in [3.05, 3.63) is 182 Å². The summed E-state index contributed by atoms with van der Waals surface area (Å²) >= 11 is 0. The summed E-state index contributed by atoms with van der Waals surface area (Å²) in [6.45, 7) is 0. The van der Waals surface area contributed by atoms with Gasteiger partial charge in [0, 0.05) is 62.6 Å². The summed E-state index contributed by atoms with van der Waals surface area (Å²) in [7, 11) is 0. The SMILES string of the molecule is c1ccc2c(c1)cc(-c1ccc(N(c3ccc(-c4cncc5c4oc4ccccc45)cc3)c3ccc4c(c3)oc3ccccc34)cc1)c1ccccc12. The van der Waals surface area contributed by atoms with Crippen molar-refractivity contribution in [1.29, 1.82) is 0 Å². The summed E-state index contributed by atoms with van der Waals surface area (Å²) in [6, 6.07) is 60.0. The first-order chi connectivity index (χ1) is 26.3. The third-order valence-corrected chi connectivity index (χ3v) is 10.5. The van der Waals surface area contributed by atoms with Crippen LogP contribution in [0.15, 0.2) is 191 Å². The predicted octanol–water partition coefficient (Wildman–Crippen LogP) is 14.0. The van der Waals surface area contributed by atoms with Gasteiger partial charge in [-0.15, -0.1) is 0 Å². The van der Waals surface area contributed by atoms with Crippen molar-refractivity contribution in [3.8, 4) is 22.3 Å². The van der Waals surface area contributed by atoms with E-state index in [4.69, 9.17) is 8.83 Å². The third kappa shape index (κ3) is 4.73. The van der Waals surface area contributed by atoms with Crippen LogP contribution in [0.2, 0.25) is 0 Å².